The van der Waals surface area contributed by atoms with Gasteiger partial charge in [-0.1, -0.05) is 15.9 Å². The number of hydrogen-bond acceptors (Lipinski definition) is 4. The summed E-state index contributed by atoms with van der Waals surface area (Å²) in [5.41, 5.74) is 5.03. The molecule has 0 aliphatic rings. The first-order valence-corrected chi connectivity index (χ1v) is 10.2. The van der Waals surface area contributed by atoms with Crippen LogP contribution in [0.3, 0.4) is 0 Å². The molecule has 5 aromatic rings. The Morgan fingerprint density at radius 2 is 2.11 bits per heavy atom. The topological polar surface area (TPSA) is 66.7 Å². The van der Waals surface area contributed by atoms with Crippen molar-refractivity contribution in [3.05, 3.63) is 58.8 Å². The molecule has 0 fully saturated rings. The molecule has 0 atom stereocenters. The highest BCUT2D eigenvalue weighted by Gasteiger charge is 2.16. The average Bonchev–Trinajstić information content (AvgIpc) is 3.38. The fourth-order valence-electron chi connectivity index (χ4n) is 3.42. The number of aromatic nitrogens is 4. The van der Waals surface area contributed by atoms with Gasteiger partial charge in [-0.05, 0) is 30.3 Å². The second-order valence-corrected chi connectivity index (χ2v) is 8.03. The minimum absolute atomic E-state index is 0.102. The standard InChI is InChI=1S/C20H15BrN4OS/c21-12-3-4-18-14(8-12)16(10-25(18)6-7-26)20-24-17(11-27-20)15-9-23-19-13(15)2-1-5-22-19/h1-5,8-11,26H,6-7H2,(H,22,23). The van der Waals surface area contributed by atoms with Crippen LogP contribution in [0.2, 0.25) is 0 Å². The molecule has 0 unspecified atom stereocenters. The molecule has 0 saturated heterocycles. The molecule has 2 N–H and O–H groups in total. The number of aliphatic hydroxyl groups is 1. The maximum Gasteiger partial charge on any atom is 0.137 e. The van der Waals surface area contributed by atoms with E-state index in [0.29, 0.717) is 6.54 Å². The maximum absolute atomic E-state index is 9.39. The van der Waals surface area contributed by atoms with E-state index in [2.05, 4.69) is 60.2 Å². The molecule has 27 heavy (non-hydrogen) atoms. The zero-order chi connectivity index (χ0) is 18.4. The van der Waals surface area contributed by atoms with Gasteiger partial charge in [0.05, 0.1) is 12.3 Å². The van der Waals surface area contributed by atoms with Crippen LogP contribution in [-0.4, -0.2) is 31.2 Å². The number of nitrogens with zero attached hydrogens (tertiary/aromatic N) is 3. The lowest BCUT2D eigenvalue weighted by atomic mass is 10.1. The normalized spacial score (nSPS) is 11.6. The van der Waals surface area contributed by atoms with E-state index in [1.165, 1.54) is 0 Å². The average molecular weight is 439 g/mol. The smallest absolute Gasteiger partial charge is 0.137 e. The largest absolute Gasteiger partial charge is 0.395 e. The van der Waals surface area contributed by atoms with E-state index in [1.807, 2.05) is 18.3 Å². The van der Waals surface area contributed by atoms with Crippen LogP contribution >= 0.6 is 27.3 Å². The summed E-state index contributed by atoms with van der Waals surface area (Å²) in [4.78, 5) is 12.5. The minimum Gasteiger partial charge on any atom is -0.395 e. The van der Waals surface area contributed by atoms with E-state index in [1.54, 1.807) is 17.5 Å². The molecule has 0 radical (unpaired) electrons. The van der Waals surface area contributed by atoms with Gasteiger partial charge in [-0.3, -0.25) is 0 Å². The van der Waals surface area contributed by atoms with Crippen LogP contribution in [0.5, 0.6) is 0 Å². The molecule has 0 amide bonds. The summed E-state index contributed by atoms with van der Waals surface area (Å²) in [6, 6.07) is 10.2. The molecule has 0 aliphatic heterocycles. The summed E-state index contributed by atoms with van der Waals surface area (Å²) in [5, 5.41) is 14.6. The number of aromatic amines is 1. The quantitative estimate of drug-likeness (QED) is 0.411. The first kappa shape index (κ1) is 16.7. The summed E-state index contributed by atoms with van der Waals surface area (Å²) < 4.78 is 3.10. The second kappa shape index (κ2) is 6.60. The number of nitrogens with one attached hydrogen (secondary N) is 1. The summed E-state index contributed by atoms with van der Waals surface area (Å²) in [7, 11) is 0. The van der Waals surface area contributed by atoms with Crippen LogP contribution in [0.15, 0.2) is 58.8 Å². The zero-order valence-corrected chi connectivity index (χ0v) is 16.6. The molecule has 1 aromatic carbocycles. The third kappa shape index (κ3) is 2.79. The van der Waals surface area contributed by atoms with E-state index in [4.69, 9.17) is 4.98 Å². The van der Waals surface area contributed by atoms with Gasteiger partial charge < -0.3 is 14.7 Å². The van der Waals surface area contributed by atoms with E-state index >= 15 is 0 Å². The number of H-pyrrole nitrogens is 1. The molecule has 4 aromatic heterocycles. The first-order chi connectivity index (χ1) is 13.2. The molecule has 4 heterocycles. The lowest BCUT2D eigenvalue weighted by Crippen LogP contribution is -1.99. The summed E-state index contributed by atoms with van der Waals surface area (Å²) in [6.45, 7) is 0.662. The molecular formula is C20H15BrN4OS. The molecule has 0 bridgehead atoms. The van der Waals surface area contributed by atoms with E-state index < -0.39 is 0 Å². The van der Waals surface area contributed by atoms with Gasteiger partial charge in [0.15, 0.2) is 0 Å². The summed E-state index contributed by atoms with van der Waals surface area (Å²) >= 11 is 5.19. The molecule has 134 valence electrons. The molecule has 0 spiro atoms. The van der Waals surface area contributed by atoms with Crippen LogP contribution < -0.4 is 0 Å². The highest BCUT2D eigenvalue weighted by atomic mass is 79.9. The third-order valence-corrected chi connectivity index (χ3v) is 6.01. The second-order valence-electron chi connectivity index (χ2n) is 6.26. The van der Waals surface area contributed by atoms with Crippen molar-refractivity contribution in [3.63, 3.8) is 0 Å². The Bertz CT molecular complexity index is 1270. The Hall–Kier alpha value is -2.48. The van der Waals surface area contributed by atoms with Crippen molar-refractivity contribution in [3.8, 4) is 21.8 Å². The molecule has 5 rings (SSSR count). The van der Waals surface area contributed by atoms with Gasteiger partial charge in [0.2, 0.25) is 0 Å². The SMILES string of the molecule is OCCn1cc(-c2nc(-c3c[nH]c4ncccc34)cs2)c2cc(Br)ccc21. The van der Waals surface area contributed by atoms with Crippen LogP contribution in [-0.2, 0) is 6.54 Å². The Morgan fingerprint density at radius 3 is 3.00 bits per heavy atom. The molecular weight excluding hydrogens is 424 g/mol. The number of thiazole rings is 1. The third-order valence-electron chi connectivity index (χ3n) is 4.65. The molecule has 5 nitrogen and oxygen atoms in total. The van der Waals surface area contributed by atoms with Crippen LogP contribution in [0.1, 0.15) is 0 Å². The Kier molecular flexibility index (Phi) is 4.07. The van der Waals surface area contributed by atoms with E-state index in [9.17, 15) is 5.11 Å². The fraction of sp³-hybridized carbons (Fsp3) is 0.100. The Labute approximate surface area is 167 Å². The monoisotopic (exact) mass is 438 g/mol. The van der Waals surface area contributed by atoms with Crippen molar-refractivity contribution >= 4 is 49.2 Å². The van der Waals surface area contributed by atoms with Crippen LogP contribution in [0, 0.1) is 0 Å². The number of aliphatic hydroxyl groups excluding tert-OH is 1. The number of benzene rings is 1. The fourth-order valence-corrected chi connectivity index (χ4v) is 4.63. The van der Waals surface area contributed by atoms with Crippen LogP contribution in [0.4, 0.5) is 0 Å². The van der Waals surface area contributed by atoms with Gasteiger partial charge in [0, 0.05) is 62.4 Å². The lowest BCUT2D eigenvalue weighted by Gasteiger charge is -2.01. The molecule has 0 aliphatic carbocycles. The Morgan fingerprint density at radius 1 is 1.19 bits per heavy atom. The van der Waals surface area contributed by atoms with Crippen molar-refractivity contribution in [1.82, 2.24) is 19.5 Å². The van der Waals surface area contributed by atoms with E-state index in [-0.39, 0.29) is 6.61 Å². The van der Waals surface area contributed by atoms with Gasteiger partial charge in [-0.2, -0.15) is 0 Å². The van der Waals surface area contributed by atoms with Crippen molar-refractivity contribution in [1.29, 1.82) is 0 Å². The highest BCUT2D eigenvalue weighted by Crippen LogP contribution is 2.37. The maximum atomic E-state index is 9.39. The number of rotatable bonds is 4. The predicted molar refractivity (Wildman–Crippen MR) is 113 cm³/mol. The molecule has 7 heteroatoms. The van der Waals surface area contributed by atoms with Crippen molar-refractivity contribution < 1.29 is 5.11 Å². The van der Waals surface area contributed by atoms with E-state index in [0.717, 1.165) is 48.2 Å². The van der Waals surface area contributed by atoms with Gasteiger partial charge in [-0.25, -0.2) is 9.97 Å². The minimum atomic E-state index is 0.102. The van der Waals surface area contributed by atoms with Gasteiger partial charge in [0.25, 0.3) is 0 Å². The van der Waals surface area contributed by atoms with Gasteiger partial charge in [0.1, 0.15) is 10.7 Å². The number of hydrogen-bond donors (Lipinski definition) is 2. The summed E-state index contributed by atoms with van der Waals surface area (Å²) in [5.74, 6) is 0. The van der Waals surface area contributed by atoms with Crippen molar-refractivity contribution in [2.24, 2.45) is 0 Å². The van der Waals surface area contributed by atoms with Gasteiger partial charge >= 0.3 is 0 Å². The predicted octanol–water partition coefficient (Wildman–Crippen LogP) is 5.06. The summed E-state index contributed by atoms with van der Waals surface area (Å²) in [6.07, 6.45) is 5.82. The first-order valence-electron chi connectivity index (χ1n) is 8.52. The van der Waals surface area contributed by atoms with Crippen molar-refractivity contribution in [2.75, 3.05) is 6.61 Å². The van der Waals surface area contributed by atoms with Gasteiger partial charge in [-0.15, -0.1) is 11.3 Å². The molecule has 0 saturated carbocycles. The lowest BCUT2D eigenvalue weighted by molar-refractivity contribution is 0.278. The zero-order valence-electron chi connectivity index (χ0n) is 14.2. The Balaban J connectivity index is 1.65. The number of fused-ring (bicyclic) bond motifs is 2. The number of pyridine rings is 1. The highest BCUT2D eigenvalue weighted by molar-refractivity contribution is 9.10. The van der Waals surface area contributed by atoms with Crippen LogP contribution in [0.25, 0.3) is 43.8 Å². The van der Waals surface area contributed by atoms with Crippen molar-refractivity contribution in [2.45, 2.75) is 6.54 Å². The number of halogens is 1.